The van der Waals surface area contributed by atoms with E-state index in [1.807, 2.05) is 19.2 Å². The number of rotatable bonds is 5. The number of hydrogen-bond acceptors (Lipinski definition) is 2. The van der Waals surface area contributed by atoms with Crippen LogP contribution in [0.2, 0.25) is 0 Å². The minimum Gasteiger partial charge on any atom is -0.497 e. The van der Waals surface area contributed by atoms with Gasteiger partial charge in [0.2, 0.25) is 0 Å². The monoisotopic (exact) mass is 193 g/mol. The van der Waals surface area contributed by atoms with E-state index in [0.717, 1.165) is 18.7 Å². The standard InChI is InChI=1S/C12H19NO/c1-10(9-13-2)7-11-5-4-6-12(8-11)14-3/h4-6,8,10,13H,7,9H2,1-3H3/t10-/m1/s1. The van der Waals surface area contributed by atoms with Gasteiger partial charge in [-0.1, -0.05) is 19.1 Å². The second kappa shape index (κ2) is 5.66. The van der Waals surface area contributed by atoms with Gasteiger partial charge in [-0.15, -0.1) is 0 Å². The van der Waals surface area contributed by atoms with Gasteiger partial charge in [0, 0.05) is 0 Å². The van der Waals surface area contributed by atoms with Crippen LogP contribution in [0, 0.1) is 5.92 Å². The molecule has 1 N–H and O–H groups in total. The highest BCUT2D eigenvalue weighted by molar-refractivity contribution is 5.28. The molecule has 0 aliphatic heterocycles. The first-order valence-electron chi connectivity index (χ1n) is 5.03. The molecule has 1 atom stereocenters. The lowest BCUT2D eigenvalue weighted by Gasteiger charge is -2.11. The molecular weight excluding hydrogens is 174 g/mol. The van der Waals surface area contributed by atoms with Gasteiger partial charge in [-0.05, 0) is 43.6 Å². The Morgan fingerprint density at radius 1 is 1.43 bits per heavy atom. The van der Waals surface area contributed by atoms with Crippen molar-refractivity contribution in [2.75, 3.05) is 20.7 Å². The normalized spacial score (nSPS) is 12.5. The summed E-state index contributed by atoms with van der Waals surface area (Å²) < 4.78 is 5.18. The lowest BCUT2D eigenvalue weighted by Crippen LogP contribution is -2.17. The van der Waals surface area contributed by atoms with Gasteiger partial charge in [0.1, 0.15) is 5.75 Å². The van der Waals surface area contributed by atoms with E-state index in [1.165, 1.54) is 5.56 Å². The van der Waals surface area contributed by atoms with Crippen LogP contribution < -0.4 is 10.1 Å². The van der Waals surface area contributed by atoms with Crippen LogP contribution >= 0.6 is 0 Å². The summed E-state index contributed by atoms with van der Waals surface area (Å²) in [6, 6.07) is 8.27. The minimum atomic E-state index is 0.659. The van der Waals surface area contributed by atoms with E-state index in [1.54, 1.807) is 7.11 Å². The number of hydrogen-bond donors (Lipinski definition) is 1. The summed E-state index contributed by atoms with van der Waals surface area (Å²) in [5.74, 6) is 1.60. The summed E-state index contributed by atoms with van der Waals surface area (Å²) in [5, 5.41) is 3.19. The highest BCUT2D eigenvalue weighted by atomic mass is 16.5. The minimum absolute atomic E-state index is 0.659. The average Bonchev–Trinajstić information content (AvgIpc) is 2.18. The molecule has 0 radical (unpaired) electrons. The zero-order chi connectivity index (χ0) is 10.4. The second-order valence-electron chi connectivity index (χ2n) is 3.72. The first-order valence-corrected chi connectivity index (χ1v) is 5.03. The fraction of sp³-hybridized carbons (Fsp3) is 0.500. The maximum Gasteiger partial charge on any atom is 0.119 e. The number of ether oxygens (including phenoxy) is 1. The Morgan fingerprint density at radius 2 is 2.21 bits per heavy atom. The lowest BCUT2D eigenvalue weighted by atomic mass is 10.0. The summed E-state index contributed by atoms with van der Waals surface area (Å²) in [6.45, 7) is 3.30. The fourth-order valence-corrected chi connectivity index (χ4v) is 1.62. The molecule has 2 heteroatoms. The van der Waals surface area contributed by atoms with Crippen molar-refractivity contribution in [3.8, 4) is 5.75 Å². The van der Waals surface area contributed by atoms with Gasteiger partial charge in [0.15, 0.2) is 0 Å². The quantitative estimate of drug-likeness (QED) is 0.773. The lowest BCUT2D eigenvalue weighted by molar-refractivity contribution is 0.413. The van der Waals surface area contributed by atoms with Crippen LogP contribution in [0.5, 0.6) is 5.75 Å². The molecule has 2 nitrogen and oxygen atoms in total. The molecule has 0 aliphatic carbocycles. The zero-order valence-electron chi connectivity index (χ0n) is 9.21. The molecule has 0 aliphatic rings. The predicted octanol–water partition coefficient (Wildman–Crippen LogP) is 2.09. The van der Waals surface area contributed by atoms with Gasteiger partial charge in [0.25, 0.3) is 0 Å². The van der Waals surface area contributed by atoms with Gasteiger partial charge in [-0.2, -0.15) is 0 Å². The first kappa shape index (κ1) is 11.1. The largest absolute Gasteiger partial charge is 0.497 e. The Morgan fingerprint density at radius 3 is 2.86 bits per heavy atom. The Bertz CT molecular complexity index is 273. The van der Waals surface area contributed by atoms with Gasteiger partial charge in [-0.3, -0.25) is 0 Å². The molecule has 0 spiro atoms. The summed E-state index contributed by atoms with van der Waals surface area (Å²) in [6.07, 6.45) is 1.10. The highest BCUT2D eigenvalue weighted by Crippen LogP contribution is 2.15. The Labute approximate surface area is 86.3 Å². The predicted molar refractivity (Wildman–Crippen MR) is 59.8 cm³/mol. The van der Waals surface area contributed by atoms with E-state index in [9.17, 15) is 0 Å². The van der Waals surface area contributed by atoms with Crippen LogP contribution in [0.3, 0.4) is 0 Å². The second-order valence-corrected chi connectivity index (χ2v) is 3.72. The van der Waals surface area contributed by atoms with Crippen molar-refractivity contribution in [2.45, 2.75) is 13.3 Å². The molecule has 78 valence electrons. The molecule has 1 aromatic rings. The Kier molecular flexibility index (Phi) is 4.47. The molecule has 0 aromatic heterocycles. The van der Waals surface area contributed by atoms with E-state index < -0.39 is 0 Å². The van der Waals surface area contributed by atoms with Gasteiger partial charge < -0.3 is 10.1 Å². The Hall–Kier alpha value is -1.02. The first-order chi connectivity index (χ1) is 6.76. The summed E-state index contributed by atoms with van der Waals surface area (Å²) in [4.78, 5) is 0. The molecule has 0 saturated carbocycles. The molecule has 0 heterocycles. The third-order valence-corrected chi connectivity index (χ3v) is 2.27. The third-order valence-electron chi connectivity index (χ3n) is 2.27. The SMILES string of the molecule is CNC[C@H](C)Cc1cccc(OC)c1. The van der Waals surface area contributed by atoms with E-state index in [4.69, 9.17) is 4.74 Å². The molecule has 0 amide bonds. The smallest absolute Gasteiger partial charge is 0.119 e. The molecule has 14 heavy (non-hydrogen) atoms. The molecule has 0 saturated heterocycles. The van der Waals surface area contributed by atoms with E-state index >= 15 is 0 Å². The number of methoxy groups -OCH3 is 1. The van der Waals surface area contributed by atoms with Gasteiger partial charge in [-0.25, -0.2) is 0 Å². The fourth-order valence-electron chi connectivity index (χ4n) is 1.62. The van der Waals surface area contributed by atoms with Crippen LogP contribution in [0.25, 0.3) is 0 Å². The topological polar surface area (TPSA) is 21.3 Å². The highest BCUT2D eigenvalue weighted by Gasteiger charge is 2.02. The third kappa shape index (κ3) is 3.38. The molecule has 0 unspecified atom stereocenters. The van der Waals surface area contributed by atoms with Crippen molar-refractivity contribution in [1.29, 1.82) is 0 Å². The van der Waals surface area contributed by atoms with Crippen molar-refractivity contribution in [1.82, 2.24) is 5.32 Å². The molecule has 0 fully saturated rings. The maximum absolute atomic E-state index is 5.18. The summed E-state index contributed by atoms with van der Waals surface area (Å²) in [7, 11) is 3.69. The van der Waals surface area contributed by atoms with E-state index in [2.05, 4.69) is 24.4 Å². The number of nitrogens with one attached hydrogen (secondary N) is 1. The average molecular weight is 193 g/mol. The summed E-state index contributed by atoms with van der Waals surface area (Å²) in [5.41, 5.74) is 1.34. The Balaban J connectivity index is 2.57. The summed E-state index contributed by atoms with van der Waals surface area (Å²) >= 11 is 0. The van der Waals surface area contributed by atoms with Crippen LogP contribution in [0.15, 0.2) is 24.3 Å². The zero-order valence-corrected chi connectivity index (χ0v) is 9.21. The van der Waals surface area contributed by atoms with Crippen molar-refractivity contribution < 1.29 is 4.74 Å². The van der Waals surface area contributed by atoms with Crippen molar-refractivity contribution in [2.24, 2.45) is 5.92 Å². The van der Waals surface area contributed by atoms with Crippen LogP contribution in [-0.2, 0) is 6.42 Å². The van der Waals surface area contributed by atoms with E-state index in [0.29, 0.717) is 5.92 Å². The molecule has 1 rings (SSSR count). The van der Waals surface area contributed by atoms with Crippen LogP contribution in [-0.4, -0.2) is 20.7 Å². The molecular formula is C12H19NO. The van der Waals surface area contributed by atoms with Crippen molar-refractivity contribution in [3.63, 3.8) is 0 Å². The van der Waals surface area contributed by atoms with Gasteiger partial charge in [0.05, 0.1) is 7.11 Å². The number of benzene rings is 1. The van der Waals surface area contributed by atoms with Crippen LogP contribution in [0.4, 0.5) is 0 Å². The molecule has 0 bridgehead atoms. The molecule has 1 aromatic carbocycles. The van der Waals surface area contributed by atoms with Gasteiger partial charge >= 0.3 is 0 Å². The van der Waals surface area contributed by atoms with E-state index in [-0.39, 0.29) is 0 Å². The van der Waals surface area contributed by atoms with Crippen LogP contribution in [0.1, 0.15) is 12.5 Å². The van der Waals surface area contributed by atoms with Crippen molar-refractivity contribution in [3.05, 3.63) is 29.8 Å². The maximum atomic E-state index is 5.18. The van der Waals surface area contributed by atoms with Crippen molar-refractivity contribution >= 4 is 0 Å².